The van der Waals surface area contributed by atoms with Crippen molar-refractivity contribution in [3.05, 3.63) is 29.6 Å². The Morgan fingerprint density at radius 2 is 2.06 bits per heavy atom. The summed E-state index contributed by atoms with van der Waals surface area (Å²) in [5.41, 5.74) is 0.816. The highest BCUT2D eigenvalue weighted by atomic mass is 19.1. The first-order chi connectivity index (χ1) is 8.51. The first kappa shape index (κ1) is 14.5. The molecule has 0 amide bonds. The van der Waals surface area contributed by atoms with Crippen LogP contribution >= 0.6 is 0 Å². The molecule has 0 saturated carbocycles. The monoisotopic (exact) mass is 250 g/mol. The maximum atomic E-state index is 13.4. The van der Waals surface area contributed by atoms with Gasteiger partial charge >= 0.3 is 0 Å². The smallest absolute Gasteiger partial charge is 0.181 e. The van der Waals surface area contributed by atoms with E-state index in [2.05, 4.69) is 19.2 Å². The van der Waals surface area contributed by atoms with Gasteiger partial charge in [-0.05, 0) is 37.1 Å². The largest absolute Gasteiger partial charge is 0.476 e. The Kier molecular flexibility index (Phi) is 5.60. The minimum atomic E-state index is -0.580. The van der Waals surface area contributed by atoms with Crippen molar-refractivity contribution in [1.82, 2.24) is 5.32 Å². The third-order valence-electron chi connectivity index (χ3n) is 2.31. The summed E-state index contributed by atoms with van der Waals surface area (Å²) >= 11 is 0. The third kappa shape index (κ3) is 5.15. The normalized spacial score (nSPS) is 12.2. The van der Waals surface area contributed by atoms with Gasteiger partial charge in [0.15, 0.2) is 6.10 Å². The SMILES string of the molecule is CC(C)CNCc1cc(F)cc(OC(C)C#N)c1. The maximum absolute atomic E-state index is 13.4. The zero-order valence-electron chi connectivity index (χ0n) is 11.0. The summed E-state index contributed by atoms with van der Waals surface area (Å²) in [6.45, 7) is 7.32. The van der Waals surface area contributed by atoms with E-state index in [4.69, 9.17) is 10.00 Å². The number of hydrogen-bond acceptors (Lipinski definition) is 3. The predicted molar refractivity (Wildman–Crippen MR) is 68.6 cm³/mol. The van der Waals surface area contributed by atoms with Gasteiger partial charge in [-0.15, -0.1) is 0 Å². The van der Waals surface area contributed by atoms with Crippen molar-refractivity contribution >= 4 is 0 Å². The molecule has 0 spiro atoms. The molecule has 1 aromatic carbocycles. The van der Waals surface area contributed by atoms with Gasteiger partial charge in [0.1, 0.15) is 17.6 Å². The van der Waals surface area contributed by atoms with Crippen molar-refractivity contribution in [2.75, 3.05) is 6.54 Å². The molecule has 0 aliphatic carbocycles. The van der Waals surface area contributed by atoms with Crippen LogP contribution in [0.4, 0.5) is 4.39 Å². The lowest BCUT2D eigenvalue weighted by Crippen LogP contribution is -2.19. The van der Waals surface area contributed by atoms with Crippen molar-refractivity contribution in [2.24, 2.45) is 5.92 Å². The number of nitrogens with zero attached hydrogens (tertiary/aromatic N) is 1. The molecule has 1 atom stereocenters. The predicted octanol–water partition coefficient (Wildman–Crippen LogP) is 2.86. The Balaban J connectivity index is 2.66. The lowest BCUT2D eigenvalue weighted by atomic mass is 10.2. The number of nitrogens with one attached hydrogen (secondary N) is 1. The lowest BCUT2D eigenvalue weighted by Gasteiger charge is -2.11. The molecule has 0 heterocycles. The van der Waals surface area contributed by atoms with E-state index in [0.717, 1.165) is 12.1 Å². The summed E-state index contributed by atoms with van der Waals surface area (Å²) in [4.78, 5) is 0. The van der Waals surface area contributed by atoms with Crippen molar-refractivity contribution in [1.29, 1.82) is 5.26 Å². The molecule has 0 fully saturated rings. The zero-order valence-corrected chi connectivity index (χ0v) is 11.0. The average Bonchev–Trinajstić information content (AvgIpc) is 2.27. The Bertz CT molecular complexity index is 426. The molecule has 0 saturated heterocycles. The molecule has 1 aromatic rings. The quantitative estimate of drug-likeness (QED) is 0.844. The molecule has 3 nitrogen and oxygen atoms in total. The minimum Gasteiger partial charge on any atom is -0.476 e. The van der Waals surface area contributed by atoms with Crippen molar-refractivity contribution < 1.29 is 9.13 Å². The Hall–Kier alpha value is -1.60. The summed E-state index contributed by atoms with van der Waals surface area (Å²) in [5.74, 6) is 0.595. The van der Waals surface area contributed by atoms with Gasteiger partial charge in [0.2, 0.25) is 0 Å². The molecular weight excluding hydrogens is 231 g/mol. The molecule has 1 N–H and O–H groups in total. The van der Waals surface area contributed by atoms with Gasteiger partial charge in [0.05, 0.1) is 0 Å². The van der Waals surface area contributed by atoms with E-state index in [1.165, 1.54) is 12.1 Å². The summed E-state index contributed by atoms with van der Waals surface area (Å²) in [7, 11) is 0. The zero-order chi connectivity index (χ0) is 13.5. The highest BCUT2D eigenvalue weighted by Crippen LogP contribution is 2.17. The Morgan fingerprint density at radius 3 is 2.67 bits per heavy atom. The molecule has 98 valence electrons. The Morgan fingerprint density at radius 1 is 1.33 bits per heavy atom. The van der Waals surface area contributed by atoms with Crippen molar-refractivity contribution in [2.45, 2.75) is 33.4 Å². The lowest BCUT2D eigenvalue weighted by molar-refractivity contribution is 0.275. The van der Waals surface area contributed by atoms with Gasteiger partial charge in [-0.3, -0.25) is 0 Å². The van der Waals surface area contributed by atoms with Crippen LogP contribution in [0.25, 0.3) is 0 Å². The van der Waals surface area contributed by atoms with Crippen LogP contribution in [0.1, 0.15) is 26.3 Å². The molecule has 0 aliphatic rings. The second-order valence-corrected chi connectivity index (χ2v) is 4.71. The van der Waals surface area contributed by atoms with Crippen LogP contribution in [-0.2, 0) is 6.54 Å². The molecular formula is C14H19FN2O. The van der Waals surface area contributed by atoms with E-state index in [1.54, 1.807) is 13.0 Å². The summed E-state index contributed by atoms with van der Waals surface area (Å²) in [6.07, 6.45) is -0.580. The van der Waals surface area contributed by atoms with Gasteiger partial charge in [-0.1, -0.05) is 13.8 Å². The molecule has 1 rings (SSSR count). The number of benzene rings is 1. The van der Waals surface area contributed by atoms with E-state index < -0.39 is 6.10 Å². The van der Waals surface area contributed by atoms with Gasteiger partial charge in [-0.2, -0.15) is 5.26 Å². The van der Waals surface area contributed by atoms with Crippen molar-refractivity contribution in [3.63, 3.8) is 0 Å². The van der Waals surface area contributed by atoms with E-state index in [-0.39, 0.29) is 5.82 Å². The molecule has 0 radical (unpaired) electrons. The van der Waals surface area contributed by atoms with Crippen LogP contribution in [0.5, 0.6) is 5.75 Å². The van der Waals surface area contributed by atoms with Crippen LogP contribution in [0.3, 0.4) is 0 Å². The molecule has 0 bridgehead atoms. The van der Waals surface area contributed by atoms with E-state index in [9.17, 15) is 4.39 Å². The van der Waals surface area contributed by atoms with Gasteiger partial charge in [-0.25, -0.2) is 4.39 Å². The maximum Gasteiger partial charge on any atom is 0.181 e. The number of ether oxygens (including phenoxy) is 1. The summed E-state index contributed by atoms with van der Waals surface area (Å²) in [6, 6.07) is 6.47. The number of nitriles is 1. The second kappa shape index (κ2) is 6.97. The fraction of sp³-hybridized carbons (Fsp3) is 0.500. The minimum absolute atomic E-state index is 0.348. The first-order valence-corrected chi connectivity index (χ1v) is 6.07. The molecule has 18 heavy (non-hydrogen) atoms. The fourth-order valence-corrected chi connectivity index (χ4v) is 1.53. The van der Waals surface area contributed by atoms with E-state index in [1.807, 2.05) is 6.07 Å². The highest BCUT2D eigenvalue weighted by molar-refractivity contribution is 5.30. The topological polar surface area (TPSA) is 45.0 Å². The molecule has 0 aromatic heterocycles. The summed E-state index contributed by atoms with van der Waals surface area (Å²) in [5, 5.41) is 11.9. The molecule has 1 unspecified atom stereocenters. The second-order valence-electron chi connectivity index (χ2n) is 4.71. The van der Waals surface area contributed by atoms with Crippen LogP contribution < -0.4 is 10.1 Å². The van der Waals surface area contributed by atoms with Gasteiger partial charge < -0.3 is 10.1 Å². The molecule has 0 aliphatic heterocycles. The van der Waals surface area contributed by atoms with Crippen LogP contribution in [0.2, 0.25) is 0 Å². The average molecular weight is 250 g/mol. The first-order valence-electron chi connectivity index (χ1n) is 6.07. The van der Waals surface area contributed by atoms with E-state index >= 15 is 0 Å². The third-order valence-corrected chi connectivity index (χ3v) is 2.31. The highest BCUT2D eigenvalue weighted by Gasteiger charge is 2.06. The Labute approximate surface area is 108 Å². The van der Waals surface area contributed by atoms with Gasteiger partial charge in [0, 0.05) is 12.6 Å². The van der Waals surface area contributed by atoms with Crippen LogP contribution in [0.15, 0.2) is 18.2 Å². The number of rotatable bonds is 6. The van der Waals surface area contributed by atoms with E-state index in [0.29, 0.717) is 18.2 Å². The fourth-order valence-electron chi connectivity index (χ4n) is 1.53. The van der Waals surface area contributed by atoms with Crippen LogP contribution in [-0.4, -0.2) is 12.6 Å². The standard InChI is InChI=1S/C14H19FN2O/c1-10(2)8-17-9-12-4-13(15)6-14(5-12)18-11(3)7-16/h4-6,10-11,17H,8-9H2,1-3H3. The number of halogens is 1. The summed E-state index contributed by atoms with van der Waals surface area (Å²) < 4.78 is 18.7. The number of hydrogen-bond donors (Lipinski definition) is 1. The van der Waals surface area contributed by atoms with Gasteiger partial charge in [0.25, 0.3) is 0 Å². The van der Waals surface area contributed by atoms with Crippen LogP contribution in [0, 0.1) is 23.1 Å². The molecule has 4 heteroatoms. The van der Waals surface area contributed by atoms with Crippen molar-refractivity contribution in [3.8, 4) is 11.8 Å².